The molecule has 0 atom stereocenters. The van der Waals surface area contributed by atoms with E-state index >= 15 is 0 Å². The van der Waals surface area contributed by atoms with Crippen molar-refractivity contribution in [3.8, 4) is 0 Å². The van der Waals surface area contributed by atoms with Crippen LogP contribution >= 0.6 is 24.0 Å². The number of guanidine groups is 1. The number of halogens is 1. The highest BCUT2D eigenvalue weighted by Gasteiger charge is 1.97. The van der Waals surface area contributed by atoms with E-state index in [1.165, 1.54) is 5.56 Å². The van der Waals surface area contributed by atoms with Gasteiger partial charge in [0.25, 0.3) is 0 Å². The Kier molecular flexibility index (Phi) is 13.3. The van der Waals surface area contributed by atoms with Gasteiger partial charge in [0, 0.05) is 45.6 Å². The van der Waals surface area contributed by atoms with Crippen molar-refractivity contribution in [2.75, 3.05) is 32.8 Å². The average Bonchev–Trinajstić information content (AvgIpc) is 2.88. The topological polar surface area (TPSA) is 63.5 Å². The molecule has 0 saturated carbocycles. The lowest BCUT2D eigenvalue weighted by Gasteiger charge is -2.11. The minimum atomic E-state index is 0. The Balaban J connectivity index is 0.00000441. The number of nitrogens with one attached hydrogen (secondary N) is 2. The molecule has 1 aromatic heterocycles. The number of aryl methyl sites for hydroxylation is 2. The molecule has 0 aliphatic rings. The SMILES string of the molecule is CCNC(=NCCCn1cc(C)cn1)NCCCOCC.I. The van der Waals surface area contributed by atoms with E-state index in [1.807, 2.05) is 17.8 Å². The Bertz CT molecular complexity index is 408. The van der Waals surface area contributed by atoms with E-state index in [-0.39, 0.29) is 24.0 Å². The van der Waals surface area contributed by atoms with Gasteiger partial charge in [-0.25, -0.2) is 0 Å². The second-order valence-corrected chi connectivity index (χ2v) is 4.87. The predicted molar refractivity (Wildman–Crippen MR) is 102 cm³/mol. The fraction of sp³-hybridized carbons (Fsp3) is 0.733. The van der Waals surface area contributed by atoms with Crippen LogP contribution in [0.25, 0.3) is 0 Å². The second kappa shape index (κ2) is 13.8. The highest BCUT2D eigenvalue weighted by molar-refractivity contribution is 14.0. The van der Waals surface area contributed by atoms with Gasteiger partial charge in [-0.3, -0.25) is 9.67 Å². The summed E-state index contributed by atoms with van der Waals surface area (Å²) in [4.78, 5) is 4.57. The summed E-state index contributed by atoms with van der Waals surface area (Å²) < 4.78 is 7.28. The van der Waals surface area contributed by atoms with Crippen molar-refractivity contribution in [2.24, 2.45) is 4.99 Å². The smallest absolute Gasteiger partial charge is 0.191 e. The zero-order valence-corrected chi connectivity index (χ0v) is 16.3. The van der Waals surface area contributed by atoms with Gasteiger partial charge in [-0.2, -0.15) is 5.10 Å². The molecule has 0 bridgehead atoms. The molecule has 0 saturated heterocycles. The summed E-state index contributed by atoms with van der Waals surface area (Å²) in [6, 6.07) is 0. The highest BCUT2D eigenvalue weighted by atomic mass is 127. The van der Waals surface area contributed by atoms with E-state index in [4.69, 9.17) is 4.74 Å². The first-order chi connectivity index (χ1) is 10.3. The highest BCUT2D eigenvalue weighted by Crippen LogP contribution is 1.96. The van der Waals surface area contributed by atoms with Gasteiger partial charge in [0.15, 0.2) is 5.96 Å². The summed E-state index contributed by atoms with van der Waals surface area (Å²) in [7, 11) is 0. The van der Waals surface area contributed by atoms with Gasteiger partial charge in [0.1, 0.15) is 0 Å². The first-order valence-corrected chi connectivity index (χ1v) is 7.85. The van der Waals surface area contributed by atoms with Crippen LogP contribution in [0.2, 0.25) is 0 Å². The van der Waals surface area contributed by atoms with Crippen LogP contribution in [0, 0.1) is 6.92 Å². The number of ether oxygens (including phenoxy) is 1. The number of hydrogen-bond acceptors (Lipinski definition) is 3. The lowest BCUT2D eigenvalue weighted by atomic mass is 10.4. The summed E-state index contributed by atoms with van der Waals surface area (Å²) in [6.07, 6.45) is 5.91. The van der Waals surface area contributed by atoms with E-state index in [0.717, 1.165) is 58.2 Å². The van der Waals surface area contributed by atoms with Crippen LogP contribution in [-0.4, -0.2) is 48.6 Å². The molecule has 0 unspecified atom stereocenters. The van der Waals surface area contributed by atoms with Crippen molar-refractivity contribution in [1.82, 2.24) is 20.4 Å². The summed E-state index contributed by atoms with van der Waals surface area (Å²) in [5.41, 5.74) is 1.20. The normalized spacial score (nSPS) is 11.1. The Morgan fingerprint density at radius 2 is 2.14 bits per heavy atom. The molecule has 0 fully saturated rings. The van der Waals surface area contributed by atoms with Crippen LogP contribution in [0.15, 0.2) is 17.4 Å². The molecule has 1 rings (SSSR count). The van der Waals surface area contributed by atoms with Gasteiger partial charge in [-0.1, -0.05) is 0 Å². The molecule has 0 spiro atoms. The zero-order chi connectivity index (χ0) is 15.3. The number of aliphatic imine (C=N–C) groups is 1. The zero-order valence-electron chi connectivity index (χ0n) is 14.0. The first kappa shape index (κ1) is 21.2. The van der Waals surface area contributed by atoms with Gasteiger partial charge < -0.3 is 15.4 Å². The maximum Gasteiger partial charge on any atom is 0.191 e. The second-order valence-electron chi connectivity index (χ2n) is 4.87. The summed E-state index contributed by atoms with van der Waals surface area (Å²) in [5.74, 6) is 0.880. The lowest BCUT2D eigenvalue weighted by Crippen LogP contribution is -2.38. The molecule has 1 aromatic rings. The van der Waals surface area contributed by atoms with E-state index < -0.39 is 0 Å². The summed E-state index contributed by atoms with van der Waals surface area (Å²) >= 11 is 0. The van der Waals surface area contributed by atoms with Gasteiger partial charge in [-0.05, 0) is 39.2 Å². The molecule has 0 radical (unpaired) electrons. The largest absolute Gasteiger partial charge is 0.382 e. The molecule has 0 aromatic carbocycles. The molecule has 7 heteroatoms. The molecule has 2 N–H and O–H groups in total. The number of hydrogen-bond donors (Lipinski definition) is 2. The van der Waals surface area contributed by atoms with Crippen molar-refractivity contribution in [3.63, 3.8) is 0 Å². The minimum absolute atomic E-state index is 0. The molecule has 22 heavy (non-hydrogen) atoms. The van der Waals surface area contributed by atoms with E-state index in [0.29, 0.717) is 0 Å². The molecular formula is C15H30IN5O. The van der Waals surface area contributed by atoms with E-state index in [9.17, 15) is 0 Å². The third-order valence-corrected chi connectivity index (χ3v) is 2.88. The first-order valence-electron chi connectivity index (χ1n) is 7.85. The minimum Gasteiger partial charge on any atom is -0.382 e. The van der Waals surface area contributed by atoms with Crippen LogP contribution in [0.1, 0.15) is 32.3 Å². The summed E-state index contributed by atoms with van der Waals surface area (Å²) in [6.45, 7) is 11.2. The summed E-state index contributed by atoms with van der Waals surface area (Å²) in [5, 5.41) is 10.8. The Morgan fingerprint density at radius 3 is 2.77 bits per heavy atom. The van der Waals surface area contributed by atoms with Gasteiger partial charge in [0.2, 0.25) is 0 Å². The van der Waals surface area contributed by atoms with Crippen LogP contribution in [0.3, 0.4) is 0 Å². The quantitative estimate of drug-likeness (QED) is 0.262. The van der Waals surface area contributed by atoms with Gasteiger partial charge in [0.05, 0.1) is 6.20 Å². The van der Waals surface area contributed by atoms with E-state index in [2.05, 4.69) is 40.8 Å². The standard InChI is InChI=1S/C15H29N5O.HI/c1-4-16-15(18-9-7-11-21-5-2)17-8-6-10-20-13-14(3)12-19-20;/h12-13H,4-11H2,1-3H3,(H2,16,17,18);1H. The Labute approximate surface area is 151 Å². The fourth-order valence-corrected chi connectivity index (χ4v) is 1.88. The van der Waals surface area contributed by atoms with Crippen molar-refractivity contribution < 1.29 is 4.74 Å². The van der Waals surface area contributed by atoms with Crippen LogP contribution < -0.4 is 10.6 Å². The van der Waals surface area contributed by atoms with Crippen molar-refractivity contribution in [3.05, 3.63) is 18.0 Å². The van der Waals surface area contributed by atoms with Crippen molar-refractivity contribution >= 4 is 29.9 Å². The molecule has 0 aliphatic carbocycles. The lowest BCUT2D eigenvalue weighted by molar-refractivity contribution is 0.145. The number of rotatable bonds is 10. The maximum atomic E-state index is 5.31. The van der Waals surface area contributed by atoms with Crippen molar-refractivity contribution in [2.45, 2.75) is 40.2 Å². The van der Waals surface area contributed by atoms with Gasteiger partial charge >= 0.3 is 0 Å². The number of nitrogens with zero attached hydrogens (tertiary/aromatic N) is 3. The molecule has 0 amide bonds. The molecule has 1 heterocycles. The molecule has 0 aliphatic heterocycles. The monoisotopic (exact) mass is 423 g/mol. The Hall–Kier alpha value is -0.830. The predicted octanol–water partition coefficient (Wildman–Crippen LogP) is 2.18. The Morgan fingerprint density at radius 1 is 1.32 bits per heavy atom. The fourth-order valence-electron chi connectivity index (χ4n) is 1.88. The third kappa shape index (κ3) is 9.99. The van der Waals surface area contributed by atoms with Crippen molar-refractivity contribution in [1.29, 1.82) is 0 Å². The molecule has 6 nitrogen and oxygen atoms in total. The van der Waals surface area contributed by atoms with Crippen LogP contribution in [-0.2, 0) is 11.3 Å². The van der Waals surface area contributed by atoms with Crippen LogP contribution in [0.4, 0.5) is 0 Å². The van der Waals surface area contributed by atoms with E-state index in [1.54, 1.807) is 0 Å². The maximum absolute atomic E-state index is 5.31. The molecule has 128 valence electrons. The average molecular weight is 423 g/mol. The number of aromatic nitrogens is 2. The third-order valence-electron chi connectivity index (χ3n) is 2.88. The molecular weight excluding hydrogens is 393 g/mol. The van der Waals surface area contributed by atoms with Gasteiger partial charge in [-0.15, -0.1) is 24.0 Å². The van der Waals surface area contributed by atoms with Crippen LogP contribution in [0.5, 0.6) is 0 Å².